The van der Waals surface area contributed by atoms with Crippen molar-refractivity contribution < 1.29 is 8.42 Å². The molecule has 2 aromatic rings. The Morgan fingerprint density at radius 1 is 1.33 bits per heavy atom. The average Bonchev–Trinajstić information content (AvgIpc) is 2.70. The third kappa shape index (κ3) is 2.65. The van der Waals surface area contributed by atoms with Crippen molar-refractivity contribution in [1.82, 2.24) is 4.57 Å². The van der Waals surface area contributed by atoms with E-state index < -0.39 is 10.0 Å². The van der Waals surface area contributed by atoms with Gasteiger partial charge in [0, 0.05) is 23.8 Å². The molecule has 0 amide bonds. The Kier molecular flexibility index (Phi) is 3.60. The topological polar surface area (TPSA) is 68.2 Å². The number of nitrogens with one attached hydrogen (secondary N) is 1. The maximum atomic E-state index is 12.1. The summed E-state index contributed by atoms with van der Waals surface area (Å²) in [6, 6.07) is 4.41. The molecule has 1 N–H and O–H groups in total. The van der Waals surface area contributed by atoms with Gasteiger partial charge in [0.2, 0.25) is 5.56 Å². The molecule has 0 spiro atoms. The second kappa shape index (κ2) is 4.87. The number of aromatic nitrogens is 1. The van der Waals surface area contributed by atoms with Gasteiger partial charge in [-0.25, -0.2) is 8.42 Å². The first-order valence-corrected chi connectivity index (χ1v) is 7.98. The summed E-state index contributed by atoms with van der Waals surface area (Å²) in [6.45, 7) is 0. The Hall–Kier alpha value is -1.12. The predicted molar refractivity (Wildman–Crippen MR) is 74.5 cm³/mol. The Bertz CT molecular complexity index is 734. The second-order valence-corrected chi connectivity index (χ2v) is 7.18. The molecule has 0 fully saturated rings. The van der Waals surface area contributed by atoms with Crippen LogP contribution in [-0.2, 0) is 17.1 Å². The molecule has 8 heteroatoms. The summed E-state index contributed by atoms with van der Waals surface area (Å²) in [5.74, 6) is 0. The lowest BCUT2D eigenvalue weighted by Gasteiger charge is -2.07. The lowest BCUT2D eigenvalue weighted by Crippen LogP contribution is -2.18. The van der Waals surface area contributed by atoms with Crippen LogP contribution in [0.1, 0.15) is 0 Å². The molecule has 0 saturated carbocycles. The van der Waals surface area contributed by atoms with E-state index in [9.17, 15) is 13.2 Å². The number of sulfonamides is 1. The first-order valence-electron chi connectivity index (χ1n) is 4.82. The van der Waals surface area contributed by atoms with Crippen molar-refractivity contribution in [3.05, 3.63) is 44.6 Å². The molecule has 18 heavy (non-hydrogen) atoms. The van der Waals surface area contributed by atoms with Crippen LogP contribution in [-0.4, -0.2) is 13.0 Å². The highest BCUT2D eigenvalue weighted by Gasteiger charge is 2.19. The Labute approximate surface area is 116 Å². The van der Waals surface area contributed by atoms with Crippen LogP contribution in [0.5, 0.6) is 0 Å². The number of thiophene rings is 1. The van der Waals surface area contributed by atoms with E-state index in [1.54, 1.807) is 18.5 Å². The molecule has 0 aromatic carbocycles. The van der Waals surface area contributed by atoms with Crippen LogP contribution < -0.4 is 10.3 Å². The highest BCUT2D eigenvalue weighted by molar-refractivity contribution is 9.10. The van der Waals surface area contributed by atoms with Crippen molar-refractivity contribution >= 4 is 43.0 Å². The van der Waals surface area contributed by atoms with Crippen molar-refractivity contribution in [2.24, 2.45) is 7.05 Å². The summed E-state index contributed by atoms with van der Waals surface area (Å²) in [7, 11) is -2.07. The van der Waals surface area contributed by atoms with Crippen molar-refractivity contribution in [3.8, 4) is 0 Å². The number of pyridine rings is 1. The fourth-order valence-corrected chi connectivity index (χ4v) is 4.71. The van der Waals surface area contributed by atoms with E-state index in [0.29, 0.717) is 10.2 Å². The monoisotopic (exact) mass is 348 g/mol. The zero-order valence-corrected chi connectivity index (χ0v) is 12.5. The number of nitrogens with zero attached hydrogens (tertiary/aromatic N) is 1. The van der Waals surface area contributed by atoms with Gasteiger partial charge in [0.25, 0.3) is 10.0 Å². The number of anilines is 1. The molecule has 0 radical (unpaired) electrons. The van der Waals surface area contributed by atoms with Crippen LogP contribution in [0.25, 0.3) is 0 Å². The van der Waals surface area contributed by atoms with E-state index in [2.05, 4.69) is 20.7 Å². The van der Waals surface area contributed by atoms with Gasteiger partial charge in [-0.05, 0) is 33.4 Å². The quantitative estimate of drug-likeness (QED) is 0.922. The molecule has 0 bridgehead atoms. The summed E-state index contributed by atoms with van der Waals surface area (Å²) < 4.78 is 28.6. The number of hydrogen-bond acceptors (Lipinski definition) is 4. The summed E-state index contributed by atoms with van der Waals surface area (Å²) in [4.78, 5) is 11.2. The zero-order chi connectivity index (χ0) is 13.3. The van der Waals surface area contributed by atoms with Gasteiger partial charge in [0.05, 0.1) is 5.69 Å². The van der Waals surface area contributed by atoms with Crippen molar-refractivity contribution in [3.63, 3.8) is 0 Å². The smallest absolute Gasteiger partial charge is 0.272 e. The molecular formula is C10H9BrN2O3S2. The Balaban J connectivity index is 2.37. The summed E-state index contributed by atoms with van der Waals surface area (Å²) in [5, 5.41) is 1.68. The maximum Gasteiger partial charge on any atom is 0.272 e. The Morgan fingerprint density at radius 2 is 2.06 bits per heavy atom. The SMILES string of the molecule is Cn1cc(NS(=O)(=O)c2sccc2Br)ccc1=O. The average molecular weight is 349 g/mol. The Morgan fingerprint density at radius 3 is 2.61 bits per heavy atom. The molecule has 2 heterocycles. The van der Waals surface area contributed by atoms with E-state index in [1.807, 2.05) is 0 Å². The molecule has 0 atom stereocenters. The fourth-order valence-electron chi connectivity index (χ4n) is 1.33. The van der Waals surface area contributed by atoms with Crippen LogP contribution >= 0.6 is 27.3 Å². The molecule has 2 aromatic heterocycles. The molecule has 5 nitrogen and oxygen atoms in total. The normalized spacial score (nSPS) is 11.4. The van der Waals surface area contributed by atoms with Crippen molar-refractivity contribution in [2.45, 2.75) is 4.21 Å². The molecule has 0 saturated heterocycles. The van der Waals surface area contributed by atoms with Crippen LogP contribution in [0.2, 0.25) is 0 Å². The van der Waals surface area contributed by atoms with E-state index >= 15 is 0 Å². The summed E-state index contributed by atoms with van der Waals surface area (Å²) in [6.07, 6.45) is 1.43. The van der Waals surface area contributed by atoms with E-state index in [1.165, 1.54) is 22.9 Å². The minimum atomic E-state index is -3.62. The van der Waals surface area contributed by atoms with Gasteiger partial charge in [0.15, 0.2) is 4.21 Å². The minimum absolute atomic E-state index is 0.199. The number of halogens is 1. The molecule has 0 aliphatic rings. The molecule has 96 valence electrons. The first kappa shape index (κ1) is 13.3. The number of hydrogen-bond donors (Lipinski definition) is 1. The highest BCUT2D eigenvalue weighted by Crippen LogP contribution is 2.28. The molecule has 0 unspecified atom stereocenters. The van der Waals surface area contributed by atoms with Crippen LogP contribution in [0.3, 0.4) is 0 Å². The summed E-state index contributed by atoms with van der Waals surface area (Å²) >= 11 is 4.29. The van der Waals surface area contributed by atoms with Crippen molar-refractivity contribution in [1.29, 1.82) is 0 Å². The second-order valence-electron chi connectivity index (χ2n) is 3.53. The third-order valence-corrected chi connectivity index (χ3v) is 6.22. The van der Waals surface area contributed by atoms with Crippen LogP contribution in [0.15, 0.2) is 43.3 Å². The summed E-state index contributed by atoms with van der Waals surface area (Å²) in [5.41, 5.74) is 0.146. The van der Waals surface area contributed by atoms with E-state index in [-0.39, 0.29) is 9.77 Å². The highest BCUT2D eigenvalue weighted by atomic mass is 79.9. The number of aryl methyl sites for hydroxylation is 1. The van der Waals surface area contributed by atoms with Gasteiger partial charge in [-0.1, -0.05) is 0 Å². The largest absolute Gasteiger partial charge is 0.316 e. The molecule has 0 aliphatic heterocycles. The fraction of sp³-hybridized carbons (Fsp3) is 0.100. The maximum absolute atomic E-state index is 12.1. The molecule has 2 rings (SSSR count). The van der Waals surface area contributed by atoms with Gasteiger partial charge in [-0.2, -0.15) is 0 Å². The lowest BCUT2D eigenvalue weighted by atomic mass is 10.4. The van der Waals surface area contributed by atoms with Gasteiger partial charge >= 0.3 is 0 Å². The minimum Gasteiger partial charge on any atom is -0.316 e. The van der Waals surface area contributed by atoms with Gasteiger partial charge in [-0.3, -0.25) is 9.52 Å². The standard InChI is InChI=1S/C10H9BrN2O3S2/c1-13-6-7(2-3-9(13)14)12-18(15,16)10-8(11)4-5-17-10/h2-6,12H,1H3. The van der Waals surface area contributed by atoms with Gasteiger partial charge < -0.3 is 4.57 Å². The predicted octanol–water partition coefficient (Wildman–Crippen LogP) is 2.01. The number of rotatable bonds is 3. The van der Waals surface area contributed by atoms with E-state index in [4.69, 9.17) is 0 Å². The van der Waals surface area contributed by atoms with Gasteiger partial charge in [0.1, 0.15) is 0 Å². The lowest BCUT2D eigenvalue weighted by molar-refractivity contribution is 0.602. The first-order chi connectivity index (χ1) is 8.40. The van der Waals surface area contributed by atoms with Crippen molar-refractivity contribution in [2.75, 3.05) is 4.72 Å². The van der Waals surface area contributed by atoms with E-state index in [0.717, 1.165) is 11.3 Å². The van der Waals surface area contributed by atoms with Crippen LogP contribution in [0, 0.1) is 0 Å². The van der Waals surface area contributed by atoms with Gasteiger partial charge in [-0.15, -0.1) is 11.3 Å². The zero-order valence-electron chi connectivity index (χ0n) is 9.25. The molecular weight excluding hydrogens is 340 g/mol. The third-order valence-electron chi connectivity index (χ3n) is 2.17. The van der Waals surface area contributed by atoms with Crippen LogP contribution in [0.4, 0.5) is 5.69 Å². The molecule has 0 aliphatic carbocycles.